The molecule has 4 heteroatoms. The van der Waals surface area contributed by atoms with Crippen molar-refractivity contribution < 1.29 is 4.79 Å². The van der Waals surface area contributed by atoms with Gasteiger partial charge in [0.15, 0.2) is 0 Å². The fraction of sp³-hybridized carbons (Fsp3) is 0.929. The number of nitrogens with two attached hydrogens (primary N) is 1. The van der Waals surface area contributed by atoms with E-state index in [1.807, 2.05) is 18.7 Å². The lowest BCUT2D eigenvalue weighted by atomic mass is 9.84. The molecule has 2 heterocycles. The highest BCUT2D eigenvalue weighted by Gasteiger charge is 2.36. The number of fused-ring (bicyclic) bond motifs is 1. The molecular weight excluding hydrogens is 226 g/mol. The number of amides is 1. The molecule has 18 heavy (non-hydrogen) atoms. The number of carbonyl (C=O) groups is 1. The van der Waals surface area contributed by atoms with E-state index in [1.165, 1.54) is 19.4 Å². The topological polar surface area (TPSA) is 49.6 Å². The predicted molar refractivity (Wildman–Crippen MR) is 73.2 cm³/mol. The number of nitrogens with zero attached hydrogens (tertiary/aromatic N) is 2. The van der Waals surface area contributed by atoms with Gasteiger partial charge in [-0.2, -0.15) is 0 Å². The Bertz CT molecular complexity index is 311. The number of hydrogen-bond donors (Lipinski definition) is 1. The van der Waals surface area contributed by atoms with Crippen molar-refractivity contribution in [1.82, 2.24) is 9.80 Å². The molecule has 2 unspecified atom stereocenters. The minimum atomic E-state index is -0.392. The first-order valence-electron chi connectivity index (χ1n) is 7.14. The average molecular weight is 253 g/mol. The van der Waals surface area contributed by atoms with Crippen molar-refractivity contribution in [1.29, 1.82) is 0 Å². The molecule has 0 aliphatic carbocycles. The summed E-state index contributed by atoms with van der Waals surface area (Å²) in [6, 6.07) is 0.689. The molecular formula is C14H27N3O. The van der Waals surface area contributed by atoms with Crippen LogP contribution >= 0.6 is 0 Å². The summed E-state index contributed by atoms with van der Waals surface area (Å²) in [5.74, 6) is 0.900. The van der Waals surface area contributed by atoms with Crippen molar-refractivity contribution in [2.24, 2.45) is 11.7 Å². The van der Waals surface area contributed by atoms with E-state index in [1.54, 1.807) is 0 Å². The van der Waals surface area contributed by atoms with E-state index in [4.69, 9.17) is 5.73 Å². The molecule has 2 saturated heterocycles. The van der Waals surface area contributed by atoms with Crippen molar-refractivity contribution in [2.75, 3.05) is 26.7 Å². The van der Waals surface area contributed by atoms with Crippen LogP contribution in [0.2, 0.25) is 0 Å². The Balaban J connectivity index is 1.92. The molecule has 2 aliphatic rings. The molecule has 2 fully saturated rings. The van der Waals surface area contributed by atoms with E-state index < -0.39 is 5.54 Å². The number of carbonyl (C=O) groups excluding carboxylic acids is 1. The summed E-state index contributed by atoms with van der Waals surface area (Å²) < 4.78 is 0. The Kier molecular flexibility index (Phi) is 3.97. The fourth-order valence-corrected chi connectivity index (χ4v) is 3.38. The van der Waals surface area contributed by atoms with Crippen LogP contribution in [0.5, 0.6) is 0 Å². The van der Waals surface area contributed by atoms with Gasteiger partial charge in [0, 0.05) is 31.1 Å². The van der Waals surface area contributed by atoms with Gasteiger partial charge >= 0.3 is 0 Å². The van der Waals surface area contributed by atoms with E-state index >= 15 is 0 Å². The number of hydrogen-bond acceptors (Lipinski definition) is 3. The van der Waals surface area contributed by atoms with Crippen LogP contribution in [0, 0.1) is 5.92 Å². The van der Waals surface area contributed by atoms with Gasteiger partial charge in [0.1, 0.15) is 0 Å². The van der Waals surface area contributed by atoms with Crippen LogP contribution in [0.1, 0.15) is 39.5 Å². The summed E-state index contributed by atoms with van der Waals surface area (Å²) >= 11 is 0. The molecule has 0 radical (unpaired) electrons. The van der Waals surface area contributed by atoms with Gasteiger partial charge in [0.2, 0.25) is 5.91 Å². The number of piperidine rings is 2. The van der Waals surface area contributed by atoms with Crippen LogP contribution in [0.4, 0.5) is 0 Å². The van der Waals surface area contributed by atoms with Crippen LogP contribution in [0.3, 0.4) is 0 Å². The average Bonchev–Trinajstić information content (AvgIpc) is 2.26. The maximum absolute atomic E-state index is 12.2. The molecule has 0 saturated carbocycles. The molecule has 104 valence electrons. The van der Waals surface area contributed by atoms with Crippen molar-refractivity contribution in [3.8, 4) is 0 Å². The van der Waals surface area contributed by atoms with Crippen LogP contribution in [-0.2, 0) is 4.79 Å². The van der Waals surface area contributed by atoms with E-state index in [0.29, 0.717) is 18.4 Å². The highest BCUT2D eigenvalue weighted by atomic mass is 16.2. The molecule has 0 spiro atoms. The standard InChI is InChI=1S/C14H27N3O/c1-14(2,15)9-13(18)17-8-6-12-11(10-17)5-4-7-16(12)3/h11-12H,4-10,15H2,1-3H3. The van der Waals surface area contributed by atoms with Crippen LogP contribution < -0.4 is 5.73 Å². The van der Waals surface area contributed by atoms with Crippen molar-refractivity contribution in [3.05, 3.63) is 0 Å². The summed E-state index contributed by atoms with van der Waals surface area (Å²) in [6.07, 6.45) is 4.12. The minimum absolute atomic E-state index is 0.231. The minimum Gasteiger partial charge on any atom is -0.342 e. The molecule has 0 aromatic carbocycles. The van der Waals surface area contributed by atoms with E-state index in [9.17, 15) is 4.79 Å². The normalized spacial score (nSPS) is 30.1. The molecule has 0 bridgehead atoms. The SMILES string of the molecule is CN1CCCC2CN(C(=O)CC(C)(C)N)CCC21. The van der Waals surface area contributed by atoms with Crippen molar-refractivity contribution in [2.45, 2.75) is 51.1 Å². The summed E-state index contributed by atoms with van der Waals surface area (Å²) in [4.78, 5) is 16.7. The van der Waals surface area contributed by atoms with Crippen LogP contribution in [0.25, 0.3) is 0 Å². The van der Waals surface area contributed by atoms with Crippen LogP contribution in [-0.4, -0.2) is 54.0 Å². The molecule has 2 N–H and O–H groups in total. The lowest BCUT2D eigenvalue weighted by molar-refractivity contribution is -0.135. The fourth-order valence-electron chi connectivity index (χ4n) is 3.38. The van der Waals surface area contributed by atoms with E-state index in [2.05, 4.69) is 11.9 Å². The summed E-state index contributed by atoms with van der Waals surface area (Å²) in [7, 11) is 2.22. The first kappa shape index (κ1) is 13.8. The molecule has 2 aliphatic heterocycles. The van der Waals surface area contributed by atoms with Gasteiger partial charge in [-0.25, -0.2) is 0 Å². The second kappa shape index (κ2) is 5.17. The summed E-state index contributed by atoms with van der Waals surface area (Å²) in [6.45, 7) is 6.90. The third-order valence-electron chi connectivity index (χ3n) is 4.31. The van der Waals surface area contributed by atoms with E-state index in [0.717, 1.165) is 19.5 Å². The molecule has 0 aromatic heterocycles. The Hall–Kier alpha value is -0.610. The summed E-state index contributed by atoms with van der Waals surface area (Å²) in [5, 5.41) is 0. The third kappa shape index (κ3) is 3.23. The zero-order valence-corrected chi connectivity index (χ0v) is 12.0. The Morgan fingerprint density at radius 1 is 1.33 bits per heavy atom. The number of likely N-dealkylation sites (tertiary alicyclic amines) is 2. The quantitative estimate of drug-likeness (QED) is 0.800. The lowest BCUT2D eigenvalue weighted by Gasteiger charge is -2.46. The zero-order chi connectivity index (χ0) is 13.3. The maximum atomic E-state index is 12.2. The second-order valence-corrected chi connectivity index (χ2v) is 6.74. The molecule has 1 amide bonds. The third-order valence-corrected chi connectivity index (χ3v) is 4.31. The Morgan fingerprint density at radius 3 is 2.72 bits per heavy atom. The van der Waals surface area contributed by atoms with Gasteiger partial charge in [-0.15, -0.1) is 0 Å². The highest BCUT2D eigenvalue weighted by molar-refractivity contribution is 5.77. The van der Waals surface area contributed by atoms with Gasteiger partial charge < -0.3 is 15.5 Å². The molecule has 0 aromatic rings. The first-order chi connectivity index (χ1) is 8.37. The number of rotatable bonds is 2. The zero-order valence-electron chi connectivity index (χ0n) is 12.0. The van der Waals surface area contributed by atoms with Gasteiger partial charge in [0.05, 0.1) is 0 Å². The van der Waals surface area contributed by atoms with Crippen molar-refractivity contribution in [3.63, 3.8) is 0 Å². The molecule has 2 rings (SSSR count). The molecule has 2 atom stereocenters. The predicted octanol–water partition coefficient (Wildman–Crippen LogP) is 1.06. The monoisotopic (exact) mass is 253 g/mol. The second-order valence-electron chi connectivity index (χ2n) is 6.74. The summed E-state index contributed by atoms with van der Waals surface area (Å²) in [5.41, 5.74) is 5.55. The van der Waals surface area contributed by atoms with Gasteiger partial charge in [-0.3, -0.25) is 4.79 Å². The smallest absolute Gasteiger partial charge is 0.224 e. The largest absolute Gasteiger partial charge is 0.342 e. The van der Waals surface area contributed by atoms with Gasteiger partial charge in [-0.1, -0.05) is 0 Å². The first-order valence-corrected chi connectivity index (χ1v) is 7.14. The maximum Gasteiger partial charge on any atom is 0.224 e. The van der Waals surface area contributed by atoms with E-state index in [-0.39, 0.29) is 5.91 Å². The molecule has 4 nitrogen and oxygen atoms in total. The lowest BCUT2D eigenvalue weighted by Crippen LogP contribution is -2.54. The van der Waals surface area contributed by atoms with Crippen molar-refractivity contribution >= 4 is 5.91 Å². The van der Waals surface area contributed by atoms with Gasteiger partial charge in [0.25, 0.3) is 0 Å². The highest BCUT2D eigenvalue weighted by Crippen LogP contribution is 2.30. The Labute approximate surface area is 110 Å². The van der Waals surface area contributed by atoms with Crippen LogP contribution in [0.15, 0.2) is 0 Å². The van der Waals surface area contributed by atoms with Gasteiger partial charge in [-0.05, 0) is 52.6 Å². The Morgan fingerprint density at radius 2 is 2.06 bits per heavy atom.